The van der Waals surface area contributed by atoms with Crippen LogP contribution in [0.15, 0.2) is 48.8 Å². The van der Waals surface area contributed by atoms with E-state index in [4.69, 9.17) is 0 Å². The number of hydrogen-bond donors (Lipinski definition) is 0. The molecule has 86 valence electrons. The van der Waals surface area contributed by atoms with Crippen LogP contribution in [0.4, 0.5) is 0 Å². The first-order chi connectivity index (χ1) is 8.16. The van der Waals surface area contributed by atoms with Gasteiger partial charge < -0.3 is 0 Å². The molecular formula is C15H16NO+. The van der Waals surface area contributed by atoms with Gasteiger partial charge in [-0.15, -0.1) is 0 Å². The lowest BCUT2D eigenvalue weighted by molar-refractivity contribution is -0.683. The predicted octanol–water partition coefficient (Wildman–Crippen LogP) is 2.47. The number of Topliss-reactive ketones (excluding diaryl/α,β-unsaturated/α-hetero) is 1. The number of nitrogens with zero attached hydrogens (tertiary/aromatic N) is 1. The molecule has 0 aliphatic rings. The maximum absolute atomic E-state index is 12.1. The van der Waals surface area contributed by atoms with Crippen LogP contribution in [0.5, 0.6) is 0 Å². The molecule has 0 saturated carbocycles. The van der Waals surface area contributed by atoms with Gasteiger partial charge in [-0.25, -0.2) is 0 Å². The minimum atomic E-state index is 0.152. The van der Waals surface area contributed by atoms with E-state index in [0.29, 0.717) is 6.54 Å². The summed E-state index contributed by atoms with van der Waals surface area (Å²) < 4.78 is 1.89. The monoisotopic (exact) mass is 226 g/mol. The summed E-state index contributed by atoms with van der Waals surface area (Å²) >= 11 is 0. The van der Waals surface area contributed by atoms with Crippen molar-refractivity contribution >= 4 is 5.78 Å². The summed E-state index contributed by atoms with van der Waals surface area (Å²) in [6.45, 7) is 4.41. The number of pyridine rings is 1. The summed E-state index contributed by atoms with van der Waals surface area (Å²) in [6, 6.07) is 11.7. The predicted molar refractivity (Wildman–Crippen MR) is 66.9 cm³/mol. The van der Waals surface area contributed by atoms with Crippen LogP contribution in [-0.2, 0) is 6.54 Å². The molecule has 2 heteroatoms. The number of carbonyl (C=O) groups is 1. The molecule has 2 rings (SSSR count). The highest BCUT2D eigenvalue weighted by Gasteiger charge is 2.13. The van der Waals surface area contributed by atoms with E-state index in [1.54, 1.807) is 0 Å². The minimum Gasteiger partial charge on any atom is -0.287 e. The number of ketones is 1. The van der Waals surface area contributed by atoms with Crippen LogP contribution < -0.4 is 4.57 Å². The van der Waals surface area contributed by atoms with Crippen molar-refractivity contribution in [3.8, 4) is 0 Å². The Morgan fingerprint density at radius 3 is 2.47 bits per heavy atom. The zero-order chi connectivity index (χ0) is 12.3. The van der Waals surface area contributed by atoms with Gasteiger partial charge in [-0.05, 0) is 19.4 Å². The number of carbonyl (C=O) groups excluding carboxylic acids is 1. The fourth-order valence-corrected chi connectivity index (χ4v) is 1.92. The lowest BCUT2D eigenvalue weighted by Crippen LogP contribution is -2.37. The van der Waals surface area contributed by atoms with E-state index < -0.39 is 0 Å². The Hall–Kier alpha value is -1.96. The molecular weight excluding hydrogens is 210 g/mol. The number of hydrogen-bond acceptors (Lipinski definition) is 1. The van der Waals surface area contributed by atoms with Crippen molar-refractivity contribution in [1.29, 1.82) is 0 Å². The summed E-state index contributed by atoms with van der Waals surface area (Å²) in [5.41, 5.74) is 3.05. The fourth-order valence-electron chi connectivity index (χ4n) is 1.92. The van der Waals surface area contributed by atoms with Gasteiger partial charge in [-0.3, -0.25) is 4.79 Å². The molecule has 0 N–H and O–H groups in total. The van der Waals surface area contributed by atoms with Gasteiger partial charge in [0.15, 0.2) is 12.4 Å². The van der Waals surface area contributed by atoms with Gasteiger partial charge in [-0.2, -0.15) is 4.57 Å². The molecule has 0 spiro atoms. The standard InChI is InChI=1S/C15H16NO/c1-12-6-7-14(13(2)10-12)15(17)11-16-8-4-3-5-9-16/h3-10H,11H2,1-2H3/q+1. The zero-order valence-electron chi connectivity index (χ0n) is 10.2. The molecule has 0 bridgehead atoms. The largest absolute Gasteiger partial charge is 0.287 e. The molecule has 0 fully saturated rings. The van der Waals surface area contributed by atoms with E-state index in [0.717, 1.165) is 11.1 Å². The molecule has 0 saturated heterocycles. The Labute approximate surface area is 102 Å². The lowest BCUT2D eigenvalue weighted by Gasteiger charge is -2.03. The molecule has 2 aromatic rings. The highest BCUT2D eigenvalue weighted by Crippen LogP contribution is 2.11. The maximum atomic E-state index is 12.1. The summed E-state index contributed by atoms with van der Waals surface area (Å²) in [5.74, 6) is 0.152. The number of aromatic nitrogens is 1. The Kier molecular flexibility index (Phi) is 3.33. The Balaban J connectivity index is 2.21. The van der Waals surface area contributed by atoms with Crippen molar-refractivity contribution in [2.75, 3.05) is 0 Å². The van der Waals surface area contributed by atoms with Gasteiger partial charge in [0, 0.05) is 17.7 Å². The van der Waals surface area contributed by atoms with Crippen LogP contribution in [0.3, 0.4) is 0 Å². The Bertz CT molecular complexity index is 532. The number of aryl methyl sites for hydroxylation is 2. The van der Waals surface area contributed by atoms with Crippen molar-refractivity contribution in [3.05, 3.63) is 65.5 Å². The summed E-state index contributed by atoms with van der Waals surface area (Å²) in [6.07, 6.45) is 3.81. The lowest BCUT2D eigenvalue weighted by atomic mass is 10.0. The van der Waals surface area contributed by atoms with E-state index in [-0.39, 0.29) is 5.78 Å². The molecule has 1 aromatic carbocycles. The summed E-state index contributed by atoms with van der Waals surface area (Å²) in [7, 11) is 0. The average molecular weight is 226 g/mol. The molecule has 1 aromatic heterocycles. The molecule has 0 atom stereocenters. The number of benzene rings is 1. The second kappa shape index (κ2) is 4.91. The van der Waals surface area contributed by atoms with Crippen LogP contribution in [0.1, 0.15) is 21.5 Å². The maximum Gasteiger partial charge on any atom is 0.227 e. The van der Waals surface area contributed by atoms with Crippen molar-refractivity contribution < 1.29 is 9.36 Å². The average Bonchev–Trinajstić information content (AvgIpc) is 2.30. The highest BCUT2D eigenvalue weighted by molar-refractivity contribution is 5.96. The van der Waals surface area contributed by atoms with Crippen molar-refractivity contribution in [3.63, 3.8) is 0 Å². The second-order valence-electron chi connectivity index (χ2n) is 4.29. The van der Waals surface area contributed by atoms with Crippen LogP contribution in [0.2, 0.25) is 0 Å². The first-order valence-corrected chi connectivity index (χ1v) is 5.71. The van der Waals surface area contributed by atoms with E-state index in [1.165, 1.54) is 5.56 Å². The molecule has 0 aliphatic carbocycles. The normalized spacial score (nSPS) is 10.2. The minimum absolute atomic E-state index is 0.152. The molecule has 1 heterocycles. The molecule has 0 unspecified atom stereocenters. The van der Waals surface area contributed by atoms with Gasteiger partial charge in [0.25, 0.3) is 0 Å². The van der Waals surface area contributed by atoms with Gasteiger partial charge >= 0.3 is 0 Å². The molecule has 0 amide bonds. The van der Waals surface area contributed by atoms with Gasteiger partial charge in [0.05, 0.1) is 0 Å². The number of rotatable bonds is 3. The SMILES string of the molecule is Cc1ccc(C(=O)C[n+]2ccccc2)c(C)c1. The third-order valence-corrected chi connectivity index (χ3v) is 2.79. The summed E-state index contributed by atoms with van der Waals surface area (Å²) in [4.78, 5) is 12.1. The van der Waals surface area contributed by atoms with Crippen molar-refractivity contribution in [2.24, 2.45) is 0 Å². The Morgan fingerprint density at radius 2 is 1.82 bits per heavy atom. The molecule has 0 aliphatic heterocycles. The smallest absolute Gasteiger partial charge is 0.227 e. The van der Waals surface area contributed by atoms with Crippen molar-refractivity contribution in [2.45, 2.75) is 20.4 Å². The first-order valence-electron chi connectivity index (χ1n) is 5.71. The van der Waals surface area contributed by atoms with Crippen LogP contribution in [0, 0.1) is 13.8 Å². The highest BCUT2D eigenvalue weighted by atomic mass is 16.1. The van der Waals surface area contributed by atoms with E-state index in [9.17, 15) is 4.79 Å². The van der Waals surface area contributed by atoms with Gasteiger partial charge in [0.2, 0.25) is 12.3 Å². The topological polar surface area (TPSA) is 20.9 Å². The third-order valence-electron chi connectivity index (χ3n) is 2.79. The molecule has 0 radical (unpaired) electrons. The van der Waals surface area contributed by atoms with E-state index in [1.807, 2.05) is 67.2 Å². The quantitative estimate of drug-likeness (QED) is 0.582. The van der Waals surface area contributed by atoms with Crippen LogP contribution in [0.25, 0.3) is 0 Å². The molecule has 2 nitrogen and oxygen atoms in total. The fraction of sp³-hybridized carbons (Fsp3) is 0.200. The van der Waals surface area contributed by atoms with Crippen LogP contribution in [-0.4, -0.2) is 5.78 Å². The van der Waals surface area contributed by atoms with Gasteiger partial charge in [-0.1, -0.05) is 29.8 Å². The van der Waals surface area contributed by atoms with Gasteiger partial charge in [0.1, 0.15) is 0 Å². The second-order valence-corrected chi connectivity index (χ2v) is 4.29. The molecule has 17 heavy (non-hydrogen) atoms. The summed E-state index contributed by atoms with van der Waals surface area (Å²) in [5, 5.41) is 0. The van der Waals surface area contributed by atoms with Crippen molar-refractivity contribution in [1.82, 2.24) is 0 Å². The Morgan fingerprint density at radius 1 is 1.12 bits per heavy atom. The zero-order valence-corrected chi connectivity index (χ0v) is 10.2. The van der Waals surface area contributed by atoms with E-state index >= 15 is 0 Å². The van der Waals surface area contributed by atoms with Crippen LogP contribution >= 0.6 is 0 Å². The first kappa shape index (κ1) is 11.5. The third kappa shape index (κ3) is 2.78. The van der Waals surface area contributed by atoms with E-state index in [2.05, 4.69) is 0 Å².